The van der Waals surface area contributed by atoms with Gasteiger partial charge in [0.25, 0.3) is 0 Å². The summed E-state index contributed by atoms with van der Waals surface area (Å²) >= 11 is 0. The van der Waals surface area contributed by atoms with Crippen LogP contribution in [-0.2, 0) is 23.8 Å². The lowest BCUT2D eigenvalue weighted by molar-refractivity contribution is -0.155. The summed E-state index contributed by atoms with van der Waals surface area (Å²) in [7, 11) is 0. The maximum atomic E-state index is 11.7. The number of hydrogen-bond donors (Lipinski definition) is 0. The van der Waals surface area contributed by atoms with Gasteiger partial charge in [-0.3, -0.25) is 0 Å². The molecule has 0 aromatic rings. The van der Waals surface area contributed by atoms with Crippen LogP contribution in [0.3, 0.4) is 0 Å². The van der Waals surface area contributed by atoms with Crippen LogP contribution in [0.4, 0.5) is 0 Å². The standard InChI is InChI=1S/C26H50O5/c1-5-6-7-8-9-10-11-12-13-14-19-30-25(27)21-29-22-26(28)31-20-18-24(4)17-15-16-23(2)3/h23-24H,5-22H2,1-4H3. The Kier molecular flexibility index (Phi) is 21.3. The van der Waals surface area contributed by atoms with Crippen molar-refractivity contribution in [1.29, 1.82) is 0 Å². The Morgan fingerprint density at radius 2 is 1.13 bits per heavy atom. The zero-order valence-electron chi connectivity index (χ0n) is 20.9. The predicted octanol–water partition coefficient (Wildman–Crippen LogP) is 6.86. The average molecular weight is 443 g/mol. The molecule has 31 heavy (non-hydrogen) atoms. The number of ether oxygens (including phenoxy) is 3. The quantitative estimate of drug-likeness (QED) is 0.135. The van der Waals surface area contributed by atoms with E-state index in [0.29, 0.717) is 19.1 Å². The molecule has 0 aliphatic carbocycles. The first-order valence-corrected chi connectivity index (χ1v) is 12.8. The van der Waals surface area contributed by atoms with E-state index in [0.717, 1.165) is 31.6 Å². The number of hydrogen-bond acceptors (Lipinski definition) is 5. The summed E-state index contributed by atoms with van der Waals surface area (Å²) in [5.74, 6) is 0.455. The summed E-state index contributed by atoms with van der Waals surface area (Å²) in [6.45, 7) is 9.35. The largest absolute Gasteiger partial charge is 0.464 e. The second-order valence-electron chi connectivity index (χ2n) is 9.33. The van der Waals surface area contributed by atoms with Gasteiger partial charge in [0, 0.05) is 0 Å². The molecule has 0 aliphatic heterocycles. The van der Waals surface area contributed by atoms with Crippen molar-refractivity contribution in [2.45, 2.75) is 118 Å². The molecule has 0 saturated carbocycles. The Morgan fingerprint density at radius 1 is 0.613 bits per heavy atom. The van der Waals surface area contributed by atoms with E-state index in [1.54, 1.807) is 0 Å². The lowest BCUT2D eigenvalue weighted by Gasteiger charge is -2.12. The summed E-state index contributed by atoms with van der Waals surface area (Å²) in [5, 5.41) is 0. The van der Waals surface area contributed by atoms with Gasteiger partial charge < -0.3 is 14.2 Å². The van der Waals surface area contributed by atoms with Gasteiger partial charge >= 0.3 is 11.9 Å². The first-order chi connectivity index (χ1) is 15.0. The lowest BCUT2D eigenvalue weighted by atomic mass is 9.98. The van der Waals surface area contributed by atoms with E-state index < -0.39 is 11.9 Å². The molecular formula is C26H50O5. The van der Waals surface area contributed by atoms with Gasteiger partial charge in [0.05, 0.1) is 13.2 Å². The van der Waals surface area contributed by atoms with E-state index in [1.165, 1.54) is 64.2 Å². The van der Waals surface area contributed by atoms with Gasteiger partial charge in [0.15, 0.2) is 0 Å². The van der Waals surface area contributed by atoms with Gasteiger partial charge in [0.2, 0.25) is 0 Å². The van der Waals surface area contributed by atoms with Gasteiger partial charge in [-0.1, -0.05) is 105 Å². The second-order valence-corrected chi connectivity index (χ2v) is 9.33. The van der Waals surface area contributed by atoms with Gasteiger partial charge in [-0.25, -0.2) is 9.59 Å². The van der Waals surface area contributed by atoms with Gasteiger partial charge in [0.1, 0.15) is 13.2 Å². The molecule has 0 fully saturated rings. The topological polar surface area (TPSA) is 61.8 Å². The highest BCUT2D eigenvalue weighted by Crippen LogP contribution is 2.15. The highest BCUT2D eigenvalue weighted by molar-refractivity contribution is 5.73. The van der Waals surface area contributed by atoms with Crippen LogP contribution in [0, 0.1) is 11.8 Å². The molecule has 184 valence electrons. The molecule has 0 aliphatic rings. The van der Waals surface area contributed by atoms with Crippen molar-refractivity contribution in [1.82, 2.24) is 0 Å². The van der Waals surface area contributed by atoms with Crippen LogP contribution in [0.1, 0.15) is 118 Å². The highest BCUT2D eigenvalue weighted by Gasteiger charge is 2.09. The lowest BCUT2D eigenvalue weighted by Crippen LogP contribution is -2.19. The summed E-state index contributed by atoms with van der Waals surface area (Å²) in [5.41, 5.74) is 0. The monoisotopic (exact) mass is 442 g/mol. The van der Waals surface area contributed by atoms with Crippen molar-refractivity contribution in [2.75, 3.05) is 26.4 Å². The van der Waals surface area contributed by atoms with E-state index in [1.807, 2.05) is 0 Å². The van der Waals surface area contributed by atoms with Crippen LogP contribution in [-0.4, -0.2) is 38.4 Å². The fraction of sp³-hybridized carbons (Fsp3) is 0.923. The van der Waals surface area contributed by atoms with Crippen molar-refractivity contribution in [2.24, 2.45) is 11.8 Å². The SMILES string of the molecule is CCCCCCCCCCCCOC(=O)COCC(=O)OCCC(C)CCCC(C)C. The third-order valence-corrected chi connectivity index (χ3v) is 5.55. The van der Waals surface area contributed by atoms with Crippen molar-refractivity contribution < 1.29 is 23.8 Å². The van der Waals surface area contributed by atoms with Crippen LogP contribution in [0.25, 0.3) is 0 Å². The van der Waals surface area contributed by atoms with E-state index in [4.69, 9.17) is 14.2 Å². The molecule has 0 aromatic carbocycles. The fourth-order valence-electron chi connectivity index (χ4n) is 3.47. The molecule has 0 spiro atoms. The van der Waals surface area contributed by atoms with Crippen LogP contribution in [0.2, 0.25) is 0 Å². The first-order valence-electron chi connectivity index (χ1n) is 12.8. The normalized spacial score (nSPS) is 12.2. The molecule has 5 heteroatoms. The molecule has 0 N–H and O–H groups in total. The minimum absolute atomic E-state index is 0.196. The summed E-state index contributed by atoms with van der Waals surface area (Å²) < 4.78 is 15.4. The molecule has 5 nitrogen and oxygen atoms in total. The van der Waals surface area contributed by atoms with Crippen molar-refractivity contribution >= 4 is 11.9 Å². The molecular weight excluding hydrogens is 392 g/mol. The van der Waals surface area contributed by atoms with Crippen LogP contribution in [0.15, 0.2) is 0 Å². The van der Waals surface area contributed by atoms with Crippen molar-refractivity contribution in [3.05, 3.63) is 0 Å². The smallest absolute Gasteiger partial charge is 0.332 e. The second kappa shape index (κ2) is 22.1. The molecule has 0 heterocycles. The van der Waals surface area contributed by atoms with Gasteiger partial charge in [-0.15, -0.1) is 0 Å². The Morgan fingerprint density at radius 3 is 1.68 bits per heavy atom. The molecule has 0 amide bonds. The number of carbonyl (C=O) groups excluding carboxylic acids is 2. The molecule has 0 rings (SSSR count). The van der Waals surface area contributed by atoms with E-state index in [2.05, 4.69) is 27.7 Å². The Bertz CT molecular complexity index is 422. The number of unbranched alkanes of at least 4 members (excludes halogenated alkanes) is 9. The van der Waals surface area contributed by atoms with E-state index >= 15 is 0 Å². The molecule has 0 saturated heterocycles. The van der Waals surface area contributed by atoms with Crippen LogP contribution >= 0.6 is 0 Å². The molecule has 1 atom stereocenters. The zero-order valence-corrected chi connectivity index (χ0v) is 20.9. The zero-order chi connectivity index (χ0) is 23.2. The maximum Gasteiger partial charge on any atom is 0.332 e. The van der Waals surface area contributed by atoms with Gasteiger partial charge in [-0.05, 0) is 24.7 Å². The summed E-state index contributed by atoms with van der Waals surface area (Å²) in [6, 6.07) is 0. The predicted molar refractivity (Wildman–Crippen MR) is 127 cm³/mol. The third kappa shape index (κ3) is 23.4. The Labute approximate surface area is 192 Å². The number of carbonyl (C=O) groups is 2. The molecule has 0 aromatic heterocycles. The highest BCUT2D eigenvalue weighted by atomic mass is 16.6. The van der Waals surface area contributed by atoms with Crippen molar-refractivity contribution in [3.63, 3.8) is 0 Å². The average Bonchev–Trinajstić information content (AvgIpc) is 2.71. The number of esters is 2. The molecule has 0 radical (unpaired) electrons. The maximum absolute atomic E-state index is 11.7. The van der Waals surface area contributed by atoms with E-state index in [9.17, 15) is 9.59 Å². The third-order valence-electron chi connectivity index (χ3n) is 5.55. The minimum Gasteiger partial charge on any atom is -0.464 e. The Hall–Kier alpha value is -1.10. The summed E-state index contributed by atoms with van der Waals surface area (Å²) in [6.07, 6.45) is 17.0. The van der Waals surface area contributed by atoms with Gasteiger partial charge in [-0.2, -0.15) is 0 Å². The minimum atomic E-state index is -0.420. The number of rotatable bonds is 22. The van der Waals surface area contributed by atoms with Crippen LogP contribution in [0.5, 0.6) is 0 Å². The molecule has 0 bridgehead atoms. The van der Waals surface area contributed by atoms with Crippen molar-refractivity contribution in [3.8, 4) is 0 Å². The Balaban J connectivity index is 3.42. The van der Waals surface area contributed by atoms with E-state index in [-0.39, 0.29) is 13.2 Å². The summed E-state index contributed by atoms with van der Waals surface area (Å²) in [4.78, 5) is 23.3. The first kappa shape index (κ1) is 29.9. The van der Waals surface area contributed by atoms with Crippen LogP contribution < -0.4 is 0 Å². The molecule has 1 unspecified atom stereocenters. The fourth-order valence-corrected chi connectivity index (χ4v) is 3.47.